The molecule has 0 atom stereocenters. The van der Waals surface area contributed by atoms with E-state index in [4.69, 9.17) is 0 Å². The average Bonchev–Trinajstić information content (AvgIpc) is 2.15. The average molecular weight is 162 g/mol. The molecule has 0 bridgehead atoms. The van der Waals surface area contributed by atoms with Crippen molar-refractivity contribution in [3.63, 3.8) is 0 Å². The lowest BCUT2D eigenvalue weighted by Crippen LogP contribution is -1.94. The second kappa shape index (κ2) is 4.97. The van der Waals surface area contributed by atoms with Gasteiger partial charge in [0.25, 0.3) is 0 Å². The molecule has 0 spiro atoms. The second-order valence-corrected chi connectivity index (χ2v) is 3.41. The largest absolute Gasteiger partial charge is 0.103 e. The standard InChI is InChI=1S/C12H18/c1-3-4-8-11(2)12-9-6-5-7-10-12/h3,9H,1-2,4-8,10H2. The molecule has 12 heavy (non-hydrogen) atoms. The van der Waals surface area contributed by atoms with Gasteiger partial charge in [0.05, 0.1) is 0 Å². The fourth-order valence-corrected chi connectivity index (χ4v) is 1.60. The molecule has 66 valence electrons. The Morgan fingerprint density at radius 1 is 1.50 bits per heavy atom. The second-order valence-electron chi connectivity index (χ2n) is 3.41. The molecule has 0 aromatic rings. The van der Waals surface area contributed by atoms with Crippen LogP contribution in [0.1, 0.15) is 38.5 Å². The van der Waals surface area contributed by atoms with Gasteiger partial charge in [0.1, 0.15) is 0 Å². The van der Waals surface area contributed by atoms with Crippen LogP contribution in [0.2, 0.25) is 0 Å². The molecule has 1 aliphatic rings. The van der Waals surface area contributed by atoms with Gasteiger partial charge in [-0.15, -0.1) is 6.58 Å². The van der Waals surface area contributed by atoms with Crippen molar-refractivity contribution in [2.24, 2.45) is 0 Å². The van der Waals surface area contributed by atoms with E-state index in [2.05, 4.69) is 19.2 Å². The van der Waals surface area contributed by atoms with E-state index in [0.717, 1.165) is 12.8 Å². The van der Waals surface area contributed by atoms with Crippen LogP contribution >= 0.6 is 0 Å². The molecule has 0 N–H and O–H groups in total. The highest BCUT2D eigenvalue weighted by Crippen LogP contribution is 2.25. The van der Waals surface area contributed by atoms with E-state index >= 15 is 0 Å². The van der Waals surface area contributed by atoms with E-state index in [-0.39, 0.29) is 0 Å². The summed E-state index contributed by atoms with van der Waals surface area (Å²) in [5.41, 5.74) is 2.83. The van der Waals surface area contributed by atoms with Crippen LogP contribution in [-0.4, -0.2) is 0 Å². The number of rotatable bonds is 4. The van der Waals surface area contributed by atoms with Crippen molar-refractivity contribution in [3.05, 3.63) is 36.5 Å². The minimum absolute atomic E-state index is 1.07. The summed E-state index contributed by atoms with van der Waals surface area (Å²) in [6, 6.07) is 0. The molecular weight excluding hydrogens is 144 g/mol. The highest BCUT2D eigenvalue weighted by Gasteiger charge is 2.05. The summed E-state index contributed by atoms with van der Waals surface area (Å²) in [7, 11) is 0. The molecule has 0 saturated carbocycles. The van der Waals surface area contributed by atoms with Crippen LogP contribution < -0.4 is 0 Å². The first-order chi connectivity index (χ1) is 5.84. The highest BCUT2D eigenvalue weighted by molar-refractivity contribution is 5.29. The topological polar surface area (TPSA) is 0 Å². The lowest BCUT2D eigenvalue weighted by atomic mass is 9.92. The lowest BCUT2D eigenvalue weighted by Gasteiger charge is -2.14. The first-order valence-corrected chi connectivity index (χ1v) is 4.82. The Bertz CT molecular complexity index is 196. The van der Waals surface area contributed by atoms with E-state index in [1.165, 1.54) is 36.8 Å². The van der Waals surface area contributed by atoms with Crippen molar-refractivity contribution in [2.75, 3.05) is 0 Å². The Morgan fingerprint density at radius 2 is 2.33 bits per heavy atom. The lowest BCUT2D eigenvalue weighted by molar-refractivity contribution is 0.700. The summed E-state index contributed by atoms with van der Waals surface area (Å²) in [5, 5.41) is 0. The molecule has 0 radical (unpaired) electrons. The molecule has 0 saturated heterocycles. The van der Waals surface area contributed by atoms with Crippen LogP contribution in [0, 0.1) is 0 Å². The predicted molar refractivity (Wildman–Crippen MR) is 55.1 cm³/mol. The maximum absolute atomic E-state index is 4.10. The summed E-state index contributed by atoms with van der Waals surface area (Å²) in [6.45, 7) is 7.82. The number of hydrogen-bond donors (Lipinski definition) is 0. The summed E-state index contributed by atoms with van der Waals surface area (Å²) in [6.07, 6.45) is 11.7. The maximum Gasteiger partial charge on any atom is -0.0248 e. The fourth-order valence-electron chi connectivity index (χ4n) is 1.60. The van der Waals surface area contributed by atoms with Crippen molar-refractivity contribution in [1.82, 2.24) is 0 Å². The van der Waals surface area contributed by atoms with E-state index in [0.29, 0.717) is 0 Å². The Balaban J connectivity index is 2.39. The van der Waals surface area contributed by atoms with Crippen LogP contribution in [0.15, 0.2) is 36.5 Å². The summed E-state index contributed by atoms with van der Waals surface area (Å²) in [4.78, 5) is 0. The maximum atomic E-state index is 4.10. The highest BCUT2D eigenvalue weighted by atomic mass is 14.1. The molecule has 1 aliphatic carbocycles. The summed E-state index contributed by atoms with van der Waals surface area (Å²) in [5.74, 6) is 0. The normalized spacial score (nSPS) is 16.8. The Kier molecular flexibility index (Phi) is 3.86. The zero-order valence-corrected chi connectivity index (χ0v) is 7.81. The van der Waals surface area contributed by atoms with Crippen molar-refractivity contribution in [1.29, 1.82) is 0 Å². The molecule has 0 fully saturated rings. The molecular formula is C12H18. The fraction of sp³-hybridized carbons (Fsp3) is 0.500. The van der Waals surface area contributed by atoms with Gasteiger partial charge >= 0.3 is 0 Å². The van der Waals surface area contributed by atoms with Crippen molar-refractivity contribution < 1.29 is 0 Å². The minimum Gasteiger partial charge on any atom is -0.103 e. The third-order valence-electron chi connectivity index (χ3n) is 2.40. The minimum atomic E-state index is 1.07. The van der Waals surface area contributed by atoms with Crippen LogP contribution in [0.25, 0.3) is 0 Å². The van der Waals surface area contributed by atoms with Gasteiger partial charge in [0.2, 0.25) is 0 Å². The first-order valence-electron chi connectivity index (χ1n) is 4.82. The van der Waals surface area contributed by atoms with E-state index < -0.39 is 0 Å². The van der Waals surface area contributed by atoms with Crippen LogP contribution in [0.3, 0.4) is 0 Å². The van der Waals surface area contributed by atoms with E-state index in [9.17, 15) is 0 Å². The quantitative estimate of drug-likeness (QED) is 0.548. The Hall–Kier alpha value is -0.780. The molecule has 0 amide bonds. The van der Waals surface area contributed by atoms with Crippen molar-refractivity contribution in [3.8, 4) is 0 Å². The molecule has 1 rings (SSSR count). The van der Waals surface area contributed by atoms with Gasteiger partial charge in [-0.25, -0.2) is 0 Å². The van der Waals surface area contributed by atoms with Gasteiger partial charge in [0, 0.05) is 0 Å². The molecule has 0 unspecified atom stereocenters. The summed E-state index contributed by atoms with van der Waals surface area (Å²) < 4.78 is 0. The summed E-state index contributed by atoms with van der Waals surface area (Å²) >= 11 is 0. The van der Waals surface area contributed by atoms with Gasteiger partial charge in [0.15, 0.2) is 0 Å². The van der Waals surface area contributed by atoms with Crippen LogP contribution in [0.5, 0.6) is 0 Å². The van der Waals surface area contributed by atoms with Gasteiger partial charge in [-0.3, -0.25) is 0 Å². The third-order valence-corrected chi connectivity index (χ3v) is 2.40. The predicted octanol–water partition coefficient (Wildman–Crippen LogP) is 4.01. The number of hydrogen-bond acceptors (Lipinski definition) is 0. The van der Waals surface area contributed by atoms with Crippen molar-refractivity contribution in [2.45, 2.75) is 38.5 Å². The molecule has 0 heteroatoms. The first kappa shape index (κ1) is 9.31. The molecule has 0 nitrogen and oxygen atoms in total. The SMILES string of the molecule is C=CCCC(=C)C1=CCCCC1. The zero-order chi connectivity index (χ0) is 8.81. The smallest absolute Gasteiger partial charge is 0.0248 e. The van der Waals surface area contributed by atoms with Crippen LogP contribution in [-0.2, 0) is 0 Å². The molecule has 0 aromatic carbocycles. The van der Waals surface area contributed by atoms with Gasteiger partial charge in [-0.05, 0) is 44.1 Å². The number of allylic oxidation sites excluding steroid dienone is 4. The third kappa shape index (κ3) is 2.69. The van der Waals surface area contributed by atoms with E-state index in [1.807, 2.05) is 6.08 Å². The van der Waals surface area contributed by atoms with Gasteiger partial charge in [-0.2, -0.15) is 0 Å². The monoisotopic (exact) mass is 162 g/mol. The van der Waals surface area contributed by atoms with Gasteiger partial charge in [-0.1, -0.05) is 24.3 Å². The molecule has 0 aliphatic heterocycles. The van der Waals surface area contributed by atoms with Crippen molar-refractivity contribution >= 4 is 0 Å². The molecule has 0 heterocycles. The van der Waals surface area contributed by atoms with Gasteiger partial charge < -0.3 is 0 Å². The molecule has 0 aromatic heterocycles. The zero-order valence-electron chi connectivity index (χ0n) is 7.81. The van der Waals surface area contributed by atoms with Crippen LogP contribution in [0.4, 0.5) is 0 Å². The van der Waals surface area contributed by atoms with E-state index in [1.54, 1.807) is 0 Å². The Morgan fingerprint density at radius 3 is 2.92 bits per heavy atom. The Labute approximate surface area is 75.7 Å².